The minimum Gasteiger partial charge on any atom is -0.379 e. The molecule has 1 fully saturated rings. The Bertz CT molecular complexity index is 742. The van der Waals surface area contributed by atoms with E-state index in [0.29, 0.717) is 45.0 Å². The van der Waals surface area contributed by atoms with E-state index in [1.807, 2.05) is 11.0 Å². The molecule has 24 heavy (non-hydrogen) atoms. The fourth-order valence-electron chi connectivity index (χ4n) is 3.43. The van der Waals surface area contributed by atoms with Gasteiger partial charge in [-0.1, -0.05) is 18.2 Å². The van der Waals surface area contributed by atoms with Gasteiger partial charge in [0.15, 0.2) is 0 Å². The highest BCUT2D eigenvalue weighted by molar-refractivity contribution is 5.97. The summed E-state index contributed by atoms with van der Waals surface area (Å²) in [5.41, 5.74) is 0.419. The summed E-state index contributed by atoms with van der Waals surface area (Å²) in [6, 6.07) is 7.70. The van der Waals surface area contributed by atoms with Crippen LogP contribution in [0, 0.1) is 5.82 Å². The average molecular weight is 330 g/mol. The van der Waals surface area contributed by atoms with Crippen LogP contribution in [0.2, 0.25) is 0 Å². The molecule has 4 rings (SSSR count). The molecule has 0 bridgehead atoms. The summed E-state index contributed by atoms with van der Waals surface area (Å²) in [4.78, 5) is 17.0. The van der Waals surface area contributed by atoms with Gasteiger partial charge in [0.1, 0.15) is 17.7 Å². The second kappa shape index (κ2) is 6.33. The highest BCUT2D eigenvalue weighted by Crippen LogP contribution is 2.30. The van der Waals surface area contributed by atoms with E-state index >= 15 is 0 Å². The molecule has 1 amide bonds. The minimum absolute atomic E-state index is 0.110. The lowest BCUT2D eigenvalue weighted by molar-refractivity contribution is -0.125. The van der Waals surface area contributed by atoms with Crippen LogP contribution in [0.3, 0.4) is 0 Å². The third-order valence-electron chi connectivity index (χ3n) is 4.62. The quantitative estimate of drug-likeness (QED) is 0.855. The van der Waals surface area contributed by atoms with Crippen LogP contribution < -0.4 is 4.90 Å². The number of halogens is 1. The highest BCUT2D eigenvalue weighted by Gasteiger charge is 2.37. The molecule has 0 N–H and O–H groups in total. The molecule has 0 spiro atoms. The van der Waals surface area contributed by atoms with Gasteiger partial charge in [-0.25, -0.2) is 9.07 Å². The van der Waals surface area contributed by atoms with E-state index in [9.17, 15) is 9.18 Å². The molecule has 1 unspecified atom stereocenters. The molecule has 7 heteroatoms. The Morgan fingerprint density at radius 1 is 1.12 bits per heavy atom. The summed E-state index contributed by atoms with van der Waals surface area (Å²) in [5, 5.41) is 4.21. The normalized spacial score (nSPS) is 19.3. The molecular formula is C17H19FN4O2. The number of anilines is 1. The van der Waals surface area contributed by atoms with Crippen LogP contribution in [0.4, 0.5) is 10.2 Å². The van der Waals surface area contributed by atoms with Crippen LogP contribution in [-0.4, -0.2) is 53.4 Å². The molecule has 1 atom stereocenters. The summed E-state index contributed by atoms with van der Waals surface area (Å²) in [6.07, 6.45) is 1.68. The number of ether oxygens (including phenoxy) is 1. The number of amides is 1. The van der Waals surface area contributed by atoms with Crippen molar-refractivity contribution >= 4 is 11.7 Å². The Hall–Kier alpha value is -2.25. The maximum atomic E-state index is 14.4. The van der Waals surface area contributed by atoms with E-state index in [4.69, 9.17) is 4.74 Å². The van der Waals surface area contributed by atoms with Gasteiger partial charge in [0, 0.05) is 31.3 Å². The first-order valence-electron chi connectivity index (χ1n) is 8.15. The maximum absolute atomic E-state index is 14.4. The zero-order chi connectivity index (χ0) is 16.5. The predicted molar refractivity (Wildman–Crippen MR) is 86.1 cm³/mol. The van der Waals surface area contributed by atoms with Crippen LogP contribution in [0.25, 0.3) is 0 Å². The van der Waals surface area contributed by atoms with E-state index in [-0.39, 0.29) is 11.7 Å². The highest BCUT2D eigenvalue weighted by atomic mass is 19.1. The van der Waals surface area contributed by atoms with Crippen molar-refractivity contribution in [3.05, 3.63) is 47.9 Å². The molecular weight excluding hydrogens is 311 g/mol. The first kappa shape index (κ1) is 15.3. The lowest BCUT2D eigenvalue weighted by atomic mass is 10.0. The fourth-order valence-corrected chi connectivity index (χ4v) is 3.43. The lowest BCUT2D eigenvalue weighted by Gasteiger charge is -2.35. The van der Waals surface area contributed by atoms with Crippen LogP contribution in [0.5, 0.6) is 0 Å². The Kier molecular flexibility index (Phi) is 4.03. The second-order valence-corrected chi connectivity index (χ2v) is 5.97. The van der Waals surface area contributed by atoms with Gasteiger partial charge in [-0.2, -0.15) is 5.10 Å². The molecule has 0 aliphatic carbocycles. The number of carbonyl (C=O) groups excluding carboxylic acids is 1. The number of aromatic nitrogens is 2. The van der Waals surface area contributed by atoms with Crippen LogP contribution >= 0.6 is 0 Å². The molecule has 2 aliphatic heterocycles. The summed E-state index contributed by atoms with van der Waals surface area (Å²) >= 11 is 0. The van der Waals surface area contributed by atoms with Crippen molar-refractivity contribution in [1.29, 1.82) is 0 Å². The molecule has 0 saturated carbocycles. The average Bonchev–Trinajstić information content (AvgIpc) is 3.21. The van der Waals surface area contributed by atoms with Crippen LogP contribution in [-0.2, 0) is 16.1 Å². The van der Waals surface area contributed by atoms with Gasteiger partial charge < -0.3 is 4.74 Å². The van der Waals surface area contributed by atoms with Gasteiger partial charge in [-0.05, 0) is 6.07 Å². The number of fused-ring (bicyclic) bond motifs is 1. The molecule has 1 saturated heterocycles. The summed E-state index contributed by atoms with van der Waals surface area (Å²) in [7, 11) is 0. The van der Waals surface area contributed by atoms with E-state index in [1.165, 1.54) is 6.07 Å². The summed E-state index contributed by atoms with van der Waals surface area (Å²) in [6.45, 7) is 3.56. The van der Waals surface area contributed by atoms with E-state index < -0.39 is 6.04 Å². The molecule has 0 radical (unpaired) electrons. The van der Waals surface area contributed by atoms with Crippen molar-refractivity contribution < 1.29 is 13.9 Å². The number of morpholine rings is 1. The van der Waals surface area contributed by atoms with Crippen molar-refractivity contribution in [2.75, 3.05) is 37.7 Å². The number of hydrogen-bond donors (Lipinski definition) is 0. The van der Waals surface area contributed by atoms with Gasteiger partial charge >= 0.3 is 0 Å². The summed E-state index contributed by atoms with van der Waals surface area (Å²) in [5.74, 6) is 0.311. The van der Waals surface area contributed by atoms with E-state index in [1.54, 1.807) is 34.0 Å². The predicted octanol–water partition coefficient (Wildman–Crippen LogP) is 1.44. The maximum Gasteiger partial charge on any atom is 0.250 e. The number of benzene rings is 1. The zero-order valence-electron chi connectivity index (χ0n) is 13.3. The zero-order valence-corrected chi connectivity index (χ0v) is 13.3. The van der Waals surface area contributed by atoms with Gasteiger partial charge in [0.25, 0.3) is 0 Å². The standard InChI is InChI=1S/C17H19FN4O2/c18-14-4-2-1-3-13(14)16(20-9-11-24-12-10-20)17(23)21-7-8-22-15(21)5-6-19-22/h1-6,16H,7-12H2. The first-order valence-corrected chi connectivity index (χ1v) is 8.15. The molecule has 6 nitrogen and oxygen atoms in total. The summed E-state index contributed by atoms with van der Waals surface area (Å²) < 4.78 is 21.6. The number of hydrogen-bond acceptors (Lipinski definition) is 4. The Labute approximate surface area is 139 Å². The second-order valence-electron chi connectivity index (χ2n) is 5.97. The number of carbonyl (C=O) groups is 1. The fraction of sp³-hybridized carbons (Fsp3) is 0.412. The Balaban J connectivity index is 1.70. The van der Waals surface area contributed by atoms with Gasteiger partial charge in [-0.3, -0.25) is 14.6 Å². The van der Waals surface area contributed by atoms with E-state index in [2.05, 4.69) is 5.10 Å². The SMILES string of the molecule is O=C(C(c1ccccc1F)N1CCOCC1)N1CCn2nccc21. The third kappa shape index (κ3) is 2.59. The third-order valence-corrected chi connectivity index (χ3v) is 4.62. The van der Waals surface area contributed by atoms with Gasteiger partial charge in [0.05, 0.1) is 26.0 Å². The van der Waals surface area contributed by atoms with Crippen molar-refractivity contribution in [1.82, 2.24) is 14.7 Å². The van der Waals surface area contributed by atoms with Gasteiger partial charge in [-0.15, -0.1) is 0 Å². The molecule has 2 aliphatic rings. The number of rotatable bonds is 3. The first-order chi connectivity index (χ1) is 11.8. The molecule has 1 aromatic carbocycles. The Morgan fingerprint density at radius 2 is 1.92 bits per heavy atom. The monoisotopic (exact) mass is 330 g/mol. The van der Waals surface area contributed by atoms with Crippen molar-refractivity contribution in [3.63, 3.8) is 0 Å². The molecule has 2 aromatic rings. The largest absolute Gasteiger partial charge is 0.379 e. The molecule has 126 valence electrons. The van der Waals surface area contributed by atoms with Crippen molar-refractivity contribution in [2.45, 2.75) is 12.6 Å². The van der Waals surface area contributed by atoms with Crippen molar-refractivity contribution in [2.24, 2.45) is 0 Å². The van der Waals surface area contributed by atoms with Crippen LogP contribution in [0.15, 0.2) is 36.5 Å². The van der Waals surface area contributed by atoms with Gasteiger partial charge in [0.2, 0.25) is 5.91 Å². The van der Waals surface area contributed by atoms with Crippen molar-refractivity contribution in [3.8, 4) is 0 Å². The molecule has 3 heterocycles. The van der Waals surface area contributed by atoms with E-state index in [0.717, 1.165) is 5.82 Å². The minimum atomic E-state index is -0.642. The number of nitrogens with zero attached hydrogens (tertiary/aromatic N) is 4. The lowest BCUT2D eigenvalue weighted by Crippen LogP contribution is -2.47. The Morgan fingerprint density at radius 3 is 2.71 bits per heavy atom. The smallest absolute Gasteiger partial charge is 0.250 e. The van der Waals surface area contributed by atoms with Crippen LogP contribution in [0.1, 0.15) is 11.6 Å². The molecule has 1 aromatic heterocycles. The topological polar surface area (TPSA) is 50.6 Å².